The van der Waals surface area contributed by atoms with E-state index in [1.165, 1.54) is 19.3 Å². The maximum Gasteiger partial charge on any atom is 0.339 e. The Morgan fingerprint density at radius 3 is 2.43 bits per heavy atom. The van der Waals surface area contributed by atoms with Crippen molar-refractivity contribution in [3.8, 4) is 0 Å². The standard InChI is InChI=1S/C23H26N2O3/c1-14-6-19(18-4-2-3-5-20(18)24-14)22(27)28-13-21(26)25-23-10-15-7-16(11-23)9-17(8-15)12-23/h2-6,15-17H,7-13H2,1H3,(H,25,26). The third-order valence-corrected chi connectivity index (χ3v) is 6.84. The monoisotopic (exact) mass is 378 g/mol. The van der Waals surface area contributed by atoms with E-state index in [1.54, 1.807) is 6.07 Å². The highest BCUT2D eigenvalue weighted by atomic mass is 16.5. The summed E-state index contributed by atoms with van der Waals surface area (Å²) >= 11 is 0. The summed E-state index contributed by atoms with van der Waals surface area (Å²) in [6.45, 7) is 1.62. The summed E-state index contributed by atoms with van der Waals surface area (Å²) in [4.78, 5) is 29.7. The first-order valence-electron chi connectivity index (χ1n) is 10.3. The number of fused-ring (bicyclic) bond motifs is 1. The summed E-state index contributed by atoms with van der Waals surface area (Å²) in [6.07, 6.45) is 7.27. The molecule has 4 fully saturated rings. The van der Waals surface area contributed by atoms with Gasteiger partial charge in [0, 0.05) is 16.6 Å². The third-order valence-electron chi connectivity index (χ3n) is 6.84. The lowest BCUT2D eigenvalue weighted by molar-refractivity contribution is -0.130. The second kappa shape index (κ2) is 6.57. The van der Waals surface area contributed by atoms with Crippen LogP contribution in [0.5, 0.6) is 0 Å². The zero-order chi connectivity index (χ0) is 19.3. The van der Waals surface area contributed by atoms with E-state index in [0.717, 1.165) is 53.6 Å². The number of para-hydroxylation sites is 1. The molecule has 4 saturated carbocycles. The average Bonchev–Trinajstić information content (AvgIpc) is 2.64. The van der Waals surface area contributed by atoms with Gasteiger partial charge in [-0.05, 0) is 75.3 Å². The Kier molecular flexibility index (Phi) is 4.14. The maximum absolute atomic E-state index is 12.6. The number of carbonyl (C=O) groups is 2. The first-order chi connectivity index (χ1) is 13.5. The Morgan fingerprint density at radius 1 is 1.11 bits per heavy atom. The van der Waals surface area contributed by atoms with E-state index in [2.05, 4.69) is 10.3 Å². The number of benzene rings is 1. The molecule has 1 heterocycles. The van der Waals surface area contributed by atoms with Gasteiger partial charge in [0.2, 0.25) is 0 Å². The quantitative estimate of drug-likeness (QED) is 0.822. The lowest BCUT2D eigenvalue weighted by Crippen LogP contribution is -2.60. The number of aromatic nitrogens is 1. The normalized spacial score (nSPS) is 30.4. The van der Waals surface area contributed by atoms with E-state index in [4.69, 9.17) is 4.74 Å². The van der Waals surface area contributed by atoms with E-state index >= 15 is 0 Å². The van der Waals surface area contributed by atoms with E-state index in [1.807, 2.05) is 31.2 Å². The van der Waals surface area contributed by atoms with Gasteiger partial charge in [-0.15, -0.1) is 0 Å². The van der Waals surface area contributed by atoms with Crippen LogP contribution in [-0.2, 0) is 9.53 Å². The van der Waals surface area contributed by atoms with Gasteiger partial charge < -0.3 is 10.1 Å². The van der Waals surface area contributed by atoms with Crippen molar-refractivity contribution >= 4 is 22.8 Å². The van der Waals surface area contributed by atoms with Crippen LogP contribution >= 0.6 is 0 Å². The van der Waals surface area contributed by atoms with Crippen LogP contribution in [0, 0.1) is 24.7 Å². The lowest BCUT2D eigenvalue weighted by atomic mass is 9.53. The van der Waals surface area contributed by atoms with Crippen LogP contribution in [0.15, 0.2) is 30.3 Å². The number of ether oxygens (including phenoxy) is 1. The minimum Gasteiger partial charge on any atom is -0.452 e. The van der Waals surface area contributed by atoms with Gasteiger partial charge in [0.25, 0.3) is 5.91 Å². The summed E-state index contributed by atoms with van der Waals surface area (Å²) in [6, 6.07) is 9.22. The fraction of sp³-hybridized carbons (Fsp3) is 0.522. The molecule has 146 valence electrons. The van der Waals surface area contributed by atoms with Crippen LogP contribution in [-0.4, -0.2) is 29.0 Å². The second-order valence-electron chi connectivity index (χ2n) is 9.15. The summed E-state index contributed by atoms with van der Waals surface area (Å²) in [5, 5.41) is 4.00. The van der Waals surface area contributed by atoms with Crippen LogP contribution in [0.3, 0.4) is 0 Å². The highest BCUT2D eigenvalue weighted by Gasteiger charge is 2.51. The molecule has 0 spiro atoms. The maximum atomic E-state index is 12.6. The largest absolute Gasteiger partial charge is 0.452 e. The molecule has 1 aromatic heterocycles. The van der Waals surface area contributed by atoms with Crippen molar-refractivity contribution in [2.24, 2.45) is 17.8 Å². The van der Waals surface area contributed by atoms with Gasteiger partial charge >= 0.3 is 5.97 Å². The molecule has 5 nitrogen and oxygen atoms in total. The third kappa shape index (κ3) is 3.17. The van der Waals surface area contributed by atoms with Crippen molar-refractivity contribution in [3.63, 3.8) is 0 Å². The number of nitrogens with one attached hydrogen (secondary N) is 1. The number of esters is 1. The highest BCUT2D eigenvalue weighted by Crippen LogP contribution is 2.55. The van der Waals surface area contributed by atoms with Gasteiger partial charge in [0.1, 0.15) is 0 Å². The van der Waals surface area contributed by atoms with Crippen LogP contribution in [0.4, 0.5) is 0 Å². The minimum absolute atomic E-state index is 0.0573. The van der Waals surface area contributed by atoms with Crippen molar-refractivity contribution in [1.82, 2.24) is 10.3 Å². The van der Waals surface area contributed by atoms with E-state index in [-0.39, 0.29) is 18.1 Å². The van der Waals surface area contributed by atoms with E-state index in [0.29, 0.717) is 5.56 Å². The molecule has 0 saturated heterocycles. The Hall–Kier alpha value is -2.43. The molecular weight excluding hydrogens is 352 g/mol. The molecule has 4 aliphatic carbocycles. The molecule has 2 aromatic rings. The van der Waals surface area contributed by atoms with E-state index < -0.39 is 5.97 Å². The number of rotatable bonds is 4. The van der Waals surface area contributed by atoms with Crippen molar-refractivity contribution in [1.29, 1.82) is 0 Å². The molecule has 0 unspecified atom stereocenters. The van der Waals surface area contributed by atoms with Crippen molar-refractivity contribution in [2.75, 3.05) is 6.61 Å². The summed E-state index contributed by atoms with van der Waals surface area (Å²) in [5.41, 5.74) is 1.92. The molecule has 0 aliphatic heterocycles. The van der Waals surface area contributed by atoms with Gasteiger partial charge in [-0.25, -0.2) is 4.79 Å². The van der Waals surface area contributed by atoms with Gasteiger partial charge in [0.15, 0.2) is 6.61 Å². The summed E-state index contributed by atoms with van der Waals surface area (Å²) < 4.78 is 5.39. The average molecular weight is 378 g/mol. The Bertz CT molecular complexity index is 917. The SMILES string of the molecule is Cc1cc(C(=O)OCC(=O)NC23CC4CC(CC(C4)C2)C3)c2ccccc2n1. The lowest BCUT2D eigenvalue weighted by Gasteiger charge is -2.56. The predicted octanol–water partition coefficient (Wildman–Crippen LogP) is 3.79. The summed E-state index contributed by atoms with van der Waals surface area (Å²) in [5.74, 6) is 1.65. The first kappa shape index (κ1) is 17.7. The van der Waals surface area contributed by atoms with Gasteiger partial charge in [-0.1, -0.05) is 18.2 Å². The number of aryl methyl sites for hydroxylation is 1. The van der Waals surface area contributed by atoms with Crippen molar-refractivity contribution in [3.05, 3.63) is 41.6 Å². The van der Waals surface area contributed by atoms with Crippen LogP contribution in [0.1, 0.15) is 54.6 Å². The molecule has 1 amide bonds. The zero-order valence-electron chi connectivity index (χ0n) is 16.2. The molecule has 28 heavy (non-hydrogen) atoms. The fourth-order valence-electron chi connectivity index (χ4n) is 6.28. The Labute approximate surface area is 164 Å². The molecule has 1 N–H and O–H groups in total. The molecule has 0 radical (unpaired) electrons. The van der Waals surface area contributed by atoms with E-state index in [9.17, 15) is 9.59 Å². The van der Waals surface area contributed by atoms with Crippen molar-refractivity contribution < 1.29 is 14.3 Å². The molecule has 4 aliphatic rings. The van der Waals surface area contributed by atoms with Gasteiger partial charge in [-0.2, -0.15) is 0 Å². The molecule has 6 rings (SSSR count). The molecule has 4 bridgehead atoms. The van der Waals surface area contributed by atoms with Crippen LogP contribution < -0.4 is 5.32 Å². The number of nitrogens with zero attached hydrogens (tertiary/aromatic N) is 1. The Morgan fingerprint density at radius 2 is 1.75 bits per heavy atom. The molecule has 0 atom stereocenters. The first-order valence-corrected chi connectivity index (χ1v) is 10.3. The van der Waals surface area contributed by atoms with Gasteiger partial charge in [-0.3, -0.25) is 9.78 Å². The molecule has 5 heteroatoms. The fourth-order valence-corrected chi connectivity index (χ4v) is 6.28. The zero-order valence-corrected chi connectivity index (χ0v) is 16.2. The number of hydrogen-bond donors (Lipinski definition) is 1. The van der Waals surface area contributed by atoms with Crippen molar-refractivity contribution in [2.45, 2.75) is 51.0 Å². The second-order valence-corrected chi connectivity index (χ2v) is 9.15. The van der Waals surface area contributed by atoms with Gasteiger partial charge in [0.05, 0.1) is 11.1 Å². The topological polar surface area (TPSA) is 68.3 Å². The smallest absolute Gasteiger partial charge is 0.339 e. The minimum atomic E-state index is -0.470. The number of pyridine rings is 1. The van der Waals surface area contributed by atoms with Crippen LogP contribution in [0.25, 0.3) is 10.9 Å². The molecule has 1 aromatic carbocycles. The summed E-state index contributed by atoms with van der Waals surface area (Å²) in [7, 11) is 0. The van der Waals surface area contributed by atoms with Crippen LogP contribution in [0.2, 0.25) is 0 Å². The Balaban J connectivity index is 1.26. The number of carbonyl (C=O) groups excluding carboxylic acids is 2. The molecular formula is C23H26N2O3. The highest BCUT2D eigenvalue weighted by molar-refractivity contribution is 6.04. The predicted molar refractivity (Wildman–Crippen MR) is 106 cm³/mol. The number of amides is 1. The number of hydrogen-bond acceptors (Lipinski definition) is 4.